The van der Waals surface area contributed by atoms with Crippen LogP contribution in [0.3, 0.4) is 0 Å². The third kappa shape index (κ3) is 4.35. The van der Waals surface area contributed by atoms with Crippen molar-refractivity contribution >= 4 is 23.2 Å². The van der Waals surface area contributed by atoms with Crippen LogP contribution in [0.1, 0.15) is 31.2 Å². The van der Waals surface area contributed by atoms with Crippen LogP contribution in [0.5, 0.6) is 0 Å². The molecule has 100 valence electrons. The molecule has 0 amide bonds. The third-order valence-corrected chi connectivity index (χ3v) is 3.57. The first kappa shape index (κ1) is 14.0. The van der Waals surface area contributed by atoms with Gasteiger partial charge in [-0.05, 0) is 37.4 Å². The molecule has 0 saturated carbocycles. The van der Waals surface area contributed by atoms with Crippen molar-refractivity contribution in [3.05, 3.63) is 22.2 Å². The van der Waals surface area contributed by atoms with Crippen LogP contribution in [-0.2, 0) is 11.3 Å². The molecular formula is C12H17Cl2N3O. The summed E-state index contributed by atoms with van der Waals surface area (Å²) in [7, 11) is 0. The summed E-state index contributed by atoms with van der Waals surface area (Å²) < 4.78 is 5.60. The van der Waals surface area contributed by atoms with E-state index in [0.29, 0.717) is 17.8 Å². The van der Waals surface area contributed by atoms with Crippen LogP contribution in [0.15, 0.2) is 6.20 Å². The predicted molar refractivity (Wildman–Crippen MR) is 72.0 cm³/mol. The van der Waals surface area contributed by atoms with Gasteiger partial charge in [-0.2, -0.15) is 0 Å². The molecule has 0 aliphatic carbocycles. The van der Waals surface area contributed by atoms with Crippen LogP contribution >= 0.6 is 23.2 Å². The van der Waals surface area contributed by atoms with Gasteiger partial charge in [0.2, 0.25) is 5.28 Å². The van der Waals surface area contributed by atoms with E-state index in [1.807, 2.05) is 0 Å². The molecular weight excluding hydrogens is 273 g/mol. The number of hydrogen-bond donors (Lipinski definition) is 1. The number of halogens is 2. The van der Waals surface area contributed by atoms with Crippen LogP contribution in [0.2, 0.25) is 10.4 Å². The van der Waals surface area contributed by atoms with E-state index in [0.717, 1.165) is 25.1 Å². The Bertz CT molecular complexity index is 384. The number of nitrogens with one attached hydrogen (secondary N) is 1. The normalized spacial score (nSPS) is 20.0. The van der Waals surface area contributed by atoms with Gasteiger partial charge in [0.1, 0.15) is 5.15 Å². The summed E-state index contributed by atoms with van der Waals surface area (Å²) in [5, 5.41) is 4.02. The lowest BCUT2D eigenvalue weighted by Crippen LogP contribution is -2.34. The molecule has 0 unspecified atom stereocenters. The lowest BCUT2D eigenvalue weighted by molar-refractivity contribution is 0.108. The second-order valence-electron chi connectivity index (χ2n) is 4.44. The highest BCUT2D eigenvalue weighted by Crippen LogP contribution is 2.15. The van der Waals surface area contributed by atoms with Crippen molar-refractivity contribution in [3.8, 4) is 0 Å². The zero-order chi connectivity index (χ0) is 12.8. The monoisotopic (exact) mass is 289 g/mol. The molecule has 0 radical (unpaired) electrons. The van der Waals surface area contributed by atoms with Crippen LogP contribution in [0.25, 0.3) is 0 Å². The van der Waals surface area contributed by atoms with E-state index in [9.17, 15) is 0 Å². The summed E-state index contributed by atoms with van der Waals surface area (Å²) in [4.78, 5) is 7.76. The van der Waals surface area contributed by atoms with Gasteiger partial charge in [0.25, 0.3) is 0 Å². The zero-order valence-electron chi connectivity index (χ0n) is 10.2. The van der Waals surface area contributed by atoms with Gasteiger partial charge in [-0.15, -0.1) is 0 Å². The molecule has 0 bridgehead atoms. The third-order valence-electron chi connectivity index (χ3n) is 3.06. The van der Waals surface area contributed by atoms with Crippen molar-refractivity contribution in [1.29, 1.82) is 0 Å². The number of nitrogens with zero attached hydrogens (tertiary/aromatic N) is 2. The summed E-state index contributed by atoms with van der Waals surface area (Å²) in [5.41, 5.74) is 0.776. The smallest absolute Gasteiger partial charge is 0.223 e. The number of piperidine rings is 1. The molecule has 1 aliphatic rings. The second kappa shape index (κ2) is 7.24. The topological polar surface area (TPSA) is 47.0 Å². The van der Waals surface area contributed by atoms with Crippen molar-refractivity contribution in [2.75, 3.05) is 13.2 Å². The van der Waals surface area contributed by atoms with Crippen molar-refractivity contribution in [1.82, 2.24) is 15.3 Å². The van der Waals surface area contributed by atoms with Crippen molar-refractivity contribution in [3.63, 3.8) is 0 Å². The Balaban J connectivity index is 1.68. The number of ether oxygens (including phenoxy) is 1. The van der Waals surface area contributed by atoms with Gasteiger partial charge >= 0.3 is 0 Å². The molecule has 1 atom stereocenters. The highest BCUT2D eigenvalue weighted by molar-refractivity contribution is 6.32. The Morgan fingerprint density at radius 1 is 1.39 bits per heavy atom. The van der Waals surface area contributed by atoms with Gasteiger partial charge in [-0.1, -0.05) is 18.0 Å². The molecule has 1 N–H and O–H groups in total. The van der Waals surface area contributed by atoms with Crippen molar-refractivity contribution in [2.45, 2.75) is 38.3 Å². The Hall–Kier alpha value is -0.420. The molecule has 2 heterocycles. The minimum Gasteiger partial charge on any atom is -0.377 e. The average molecular weight is 290 g/mol. The molecule has 18 heavy (non-hydrogen) atoms. The maximum Gasteiger partial charge on any atom is 0.223 e. The SMILES string of the molecule is Clc1ncc(COCC[C@@H]2CCCCN2)c(Cl)n1. The highest BCUT2D eigenvalue weighted by Gasteiger charge is 2.12. The van der Waals surface area contributed by atoms with E-state index in [2.05, 4.69) is 15.3 Å². The van der Waals surface area contributed by atoms with Crippen LogP contribution in [0, 0.1) is 0 Å². The van der Waals surface area contributed by atoms with E-state index < -0.39 is 0 Å². The van der Waals surface area contributed by atoms with E-state index in [-0.39, 0.29) is 5.28 Å². The fourth-order valence-electron chi connectivity index (χ4n) is 2.04. The summed E-state index contributed by atoms with van der Waals surface area (Å²) in [6.45, 7) is 2.28. The van der Waals surface area contributed by atoms with E-state index in [1.165, 1.54) is 19.3 Å². The predicted octanol–water partition coefficient (Wildman–Crippen LogP) is 2.83. The molecule has 0 spiro atoms. The van der Waals surface area contributed by atoms with Gasteiger partial charge in [-0.3, -0.25) is 0 Å². The molecule has 1 aromatic rings. The summed E-state index contributed by atoms with van der Waals surface area (Å²) in [6.07, 6.45) is 6.49. The Morgan fingerprint density at radius 2 is 2.28 bits per heavy atom. The molecule has 1 aliphatic heterocycles. The van der Waals surface area contributed by atoms with Gasteiger partial charge in [-0.25, -0.2) is 9.97 Å². The lowest BCUT2D eigenvalue weighted by Gasteiger charge is -2.23. The molecule has 6 heteroatoms. The number of rotatable bonds is 5. The first-order valence-corrected chi connectivity index (χ1v) is 6.99. The Kier molecular flexibility index (Phi) is 5.63. The van der Waals surface area contributed by atoms with Crippen LogP contribution in [-0.4, -0.2) is 29.2 Å². The first-order chi connectivity index (χ1) is 8.75. The maximum absolute atomic E-state index is 5.93. The Labute approximate surface area is 117 Å². The zero-order valence-corrected chi connectivity index (χ0v) is 11.7. The van der Waals surface area contributed by atoms with Crippen LogP contribution in [0.4, 0.5) is 0 Å². The molecule has 1 saturated heterocycles. The number of hydrogen-bond acceptors (Lipinski definition) is 4. The van der Waals surface area contributed by atoms with Gasteiger partial charge in [0.15, 0.2) is 0 Å². The van der Waals surface area contributed by atoms with E-state index in [1.54, 1.807) is 6.20 Å². The average Bonchev–Trinajstić information content (AvgIpc) is 2.38. The number of aromatic nitrogens is 2. The lowest BCUT2D eigenvalue weighted by atomic mass is 10.0. The first-order valence-electron chi connectivity index (χ1n) is 6.24. The largest absolute Gasteiger partial charge is 0.377 e. The second-order valence-corrected chi connectivity index (χ2v) is 5.14. The molecule has 4 nitrogen and oxygen atoms in total. The van der Waals surface area contributed by atoms with Crippen molar-refractivity contribution < 1.29 is 4.74 Å². The van der Waals surface area contributed by atoms with E-state index in [4.69, 9.17) is 27.9 Å². The molecule has 2 rings (SSSR count). The maximum atomic E-state index is 5.93. The standard InChI is InChI=1S/C12H17Cl2N3O/c13-11-9(7-16-12(14)17-11)8-18-6-4-10-3-1-2-5-15-10/h7,10,15H,1-6,8H2/t10-/m0/s1. The van der Waals surface area contributed by atoms with Gasteiger partial charge in [0, 0.05) is 24.4 Å². The minimum absolute atomic E-state index is 0.162. The van der Waals surface area contributed by atoms with E-state index >= 15 is 0 Å². The quantitative estimate of drug-likeness (QED) is 0.514. The Morgan fingerprint density at radius 3 is 3.00 bits per heavy atom. The highest BCUT2D eigenvalue weighted by atomic mass is 35.5. The fourth-order valence-corrected chi connectivity index (χ4v) is 2.40. The van der Waals surface area contributed by atoms with Crippen molar-refractivity contribution in [2.24, 2.45) is 0 Å². The van der Waals surface area contributed by atoms with Gasteiger partial charge in [0.05, 0.1) is 6.61 Å². The molecule has 1 fully saturated rings. The molecule has 0 aromatic carbocycles. The van der Waals surface area contributed by atoms with Gasteiger partial charge < -0.3 is 10.1 Å². The minimum atomic E-state index is 0.162. The summed E-state index contributed by atoms with van der Waals surface area (Å²) in [5.74, 6) is 0. The molecule has 1 aromatic heterocycles. The fraction of sp³-hybridized carbons (Fsp3) is 0.667. The van der Waals surface area contributed by atoms with Crippen LogP contribution < -0.4 is 5.32 Å². The summed E-state index contributed by atoms with van der Waals surface area (Å²) >= 11 is 11.6. The summed E-state index contributed by atoms with van der Waals surface area (Å²) in [6, 6.07) is 0.593.